The third-order valence-corrected chi connectivity index (χ3v) is 4.85. The van der Waals surface area contributed by atoms with Gasteiger partial charge in [0.1, 0.15) is 11.3 Å². The van der Waals surface area contributed by atoms with Gasteiger partial charge in [-0.05, 0) is 70.9 Å². The van der Waals surface area contributed by atoms with Crippen molar-refractivity contribution in [1.82, 2.24) is 9.88 Å². The molecule has 25 heavy (non-hydrogen) atoms. The van der Waals surface area contributed by atoms with Crippen molar-refractivity contribution in [3.8, 4) is 5.75 Å². The average molecular weight is 344 g/mol. The molecule has 1 atom stereocenters. The van der Waals surface area contributed by atoms with E-state index in [0.29, 0.717) is 6.04 Å². The Morgan fingerprint density at radius 2 is 1.88 bits per heavy atom. The van der Waals surface area contributed by atoms with Crippen LogP contribution < -0.4 is 10.1 Å². The number of fused-ring (bicyclic) bond motifs is 1. The molecule has 2 rings (SSSR count). The number of nitrogens with zero attached hydrogens (tertiary/aromatic N) is 2. The van der Waals surface area contributed by atoms with Gasteiger partial charge in [-0.3, -0.25) is 0 Å². The highest BCUT2D eigenvalue weighted by Crippen LogP contribution is 2.31. The van der Waals surface area contributed by atoms with Crippen LogP contribution in [0.25, 0.3) is 10.9 Å². The molecule has 1 unspecified atom stereocenters. The Balaban J connectivity index is 2.10. The molecule has 0 aliphatic carbocycles. The number of aryl methyl sites for hydroxylation is 2. The van der Waals surface area contributed by atoms with Crippen molar-refractivity contribution in [1.29, 1.82) is 0 Å². The lowest BCUT2D eigenvalue weighted by molar-refractivity contribution is 0.295. The summed E-state index contributed by atoms with van der Waals surface area (Å²) in [5, 5.41) is 4.79. The molecule has 0 bridgehead atoms. The molecule has 2 aromatic rings. The summed E-state index contributed by atoms with van der Waals surface area (Å²) in [5.41, 5.74) is 4.31. The topological polar surface area (TPSA) is 37.4 Å². The van der Waals surface area contributed by atoms with E-state index in [1.165, 1.54) is 18.5 Å². The Morgan fingerprint density at radius 1 is 1.16 bits per heavy atom. The smallest absolute Gasteiger partial charge is 0.147 e. The number of benzene rings is 1. The summed E-state index contributed by atoms with van der Waals surface area (Å²) in [5.74, 6) is 0.835. The first kappa shape index (κ1) is 19.5. The predicted octanol–water partition coefficient (Wildman–Crippen LogP) is 4.78. The molecule has 1 N–H and O–H groups in total. The first-order valence-electron chi connectivity index (χ1n) is 9.43. The molecule has 0 saturated carbocycles. The average Bonchev–Trinajstić information content (AvgIpc) is 2.58. The van der Waals surface area contributed by atoms with E-state index in [1.807, 2.05) is 6.92 Å². The Hall–Kier alpha value is -1.81. The first-order chi connectivity index (χ1) is 12.0. The van der Waals surface area contributed by atoms with Gasteiger partial charge < -0.3 is 15.0 Å². The number of rotatable bonds is 9. The second-order valence-electron chi connectivity index (χ2n) is 6.87. The first-order valence-corrected chi connectivity index (χ1v) is 9.43. The van der Waals surface area contributed by atoms with E-state index in [-0.39, 0.29) is 0 Å². The maximum atomic E-state index is 5.59. The summed E-state index contributed by atoms with van der Waals surface area (Å²) in [6.45, 7) is 14.3. The molecule has 1 aromatic heterocycles. The molecule has 1 heterocycles. The lowest BCUT2D eigenvalue weighted by atomic mass is 10.1. The van der Waals surface area contributed by atoms with Crippen molar-refractivity contribution < 1.29 is 4.74 Å². The van der Waals surface area contributed by atoms with Crippen molar-refractivity contribution in [2.24, 2.45) is 0 Å². The van der Waals surface area contributed by atoms with Crippen LogP contribution in [0.4, 0.5) is 5.69 Å². The van der Waals surface area contributed by atoms with E-state index in [1.54, 1.807) is 7.11 Å². The standard InChI is InChI=1S/C21H33N3O/c1-7-24(8-2)11-9-10-16(4)22-18-13-19-15(3)12-17(5)23-21(19)20(14-18)25-6/h12-14,16,22H,7-11H2,1-6H3. The molecule has 1 aromatic carbocycles. The number of aromatic nitrogens is 1. The lowest BCUT2D eigenvalue weighted by Crippen LogP contribution is -2.25. The van der Waals surface area contributed by atoms with Crippen molar-refractivity contribution in [3.05, 3.63) is 29.5 Å². The zero-order chi connectivity index (χ0) is 18.4. The fraction of sp³-hybridized carbons (Fsp3) is 0.571. The number of ether oxygens (including phenoxy) is 1. The van der Waals surface area contributed by atoms with Gasteiger partial charge in [0.05, 0.1) is 7.11 Å². The van der Waals surface area contributed by atoms with Crippen LogP contribution in [0.2, 0.25) is 0 Å². The number of nitrogens with one attached hydrogen (secondary N) is 1. The van der Waals surface area contributed by atoms with Gasteiger partial charge in [-0.25, -0.2) is 4.98 Å². The fourth-order valence-corrected chi connectivity index (χ4v) is 3.38. The third kappa shape index (κ3) is 5.08. The molecule has 0 fully saturated rings. The van der Waals surface area contributed by atoms with Crippen LogP contribution in [-0.4, -0.2) is 42.7 Å². The molecule has 4 nitrogen and oxygen atoms in total. The van der Waals surface area contributed by atoms with Crippen LogP contribution in [0.3, 0.4) is 0 Å². The number of hydrogen-bond acceptors (Lipinski definition) is 4. The molecule has 4 heteroatoms. The predicted molar refractivity (Wildman–Crippen MR) is 108 cm³/mol. The largest absolute Gasteiger partial charge is 0.494 e. The highest BCUT2D eigenvalue weighted by Gasteiger charge is 2.11. The summed E-state index contributed by atoms with van der Waals surface area (Å²) in [4.78, 5) is 7.13. The van der Waals surface area contributed by atoms with Crippen LogP contribution >= 0.6 is 0 Å². The van der Waals surface area contributed by atoms with Crippen molar-refractivity contribution in [2.45, 2.75) is 53.5 Å². The molecule has 0 saturated heterocycles. The minimum Gasteiger partial charge on any atom is -0.494 e. The lowest BCUT2D eigenvalue weighted by Gasteiger charge is -2.21. The Morgan fingerprint density at radius 3 is 2.52 bits per heavy atom. The normalized spacial score (nSPS) is 12.6. The maximum Gasteiger partial charge on any atom is 0.147 e. The minimum absolute atomic E-state index is 0.427. The molecule has 0 aliphatic heterocycles. The monoisotopic (exact) mass is 343 g/mol. The maximum absolute atomic E-state index is 5.59. The quantitative estimate of drug-likeness (QED) is 0.711. The summed E-state index contributed by atoms with van der Waals surface area (Å²) in [6, 6.07) is 6.81. The van der Waals surface area contributed by atoms with E-state index < -0.39 is 0 Å². The molecule has 0 amide bonds. The highest BCUT2D eigenvalue weighted by atomic mass is 16.5. The minimum atomic E-state index is 0.427. The second kappa shape index (κ2) is 9.04. The molecule has 138 valence electrons. The van der Waals surface area contributed by atoms with Gasteiger partial charge >= 0.3 is 0 Å². The van der Waals surface area contributed by atoms with Crippen LogP contribution in [-0.2, 0) is 0 Å². The van der Waals surface area contributed by atoms with Crippen LogP contribution in [0.15, 0.2) is 18.2 Å². The van der Waals surface area contributed by atoms with Gasteiger partial charge in [-0.15, -0.1) is 0 Å². The number of pyridine rings is 1. The van der Waals surface area contributed by atoms with Gasteiger partial charge in [0.2, 0.25) is 0 Å². The second-order valence-corrected chi connectivity index (χ2v) is 6.87. The Labute approximate surface area is 152 Å². The van der Waals surface area contributed by atoms with Crippen LogP contribution in [0.5, 0.6) is 5.75 Å². The summed E-state index contributed by atoms with van der Waals surface area (Å²) >= 11 is 0. The van der Waals surface area contributed by atoms with Crippen molar-refractivity contribution in [2.75, 3.05) is 32.1 Å². The van der Waals surface area contributed by atoms with Crippen molar-refractivity contribution in [3.63, 3.8) is 0 Å². The zero-order valence-electron chi connectivity index (χ0n) is 16.6. The van der Waals surface area contributed by atoms with Gasteiger partial charge in [0.15, 0.2) is 0 Å². The fourth-order valence-electron chi connectivity index (χ4n) is 3.38. The van der Waals surface area contributed by atoms with Gasteiger partial charge in [-0.1, -0.05) is 13.8 Å². The highest BCUT2D eigenvalue weighted by molar-refractivity contribution is 5.91. The number of hydrogen-bond donors (Lipinski definition) is 1. The number of anilines is 1. The third-order valence-electron chi connectivity index (χ3n) is 4.85. The number of methoxy groups -OCH3 is 1. The van der Waals surface area contributed by atoms with E-state index in [4.69, 9.17) is 4.74 Å². The van der Waals surface area contributed by atoms with Crippen LogP contribution in [0, 0.1) is 13.8 Å². The SMILES string of the molecule is CCN(CC)CCCC(C)Nc1cc(OC)c2nc(C)cc(C)c2c1. The van der Waals surface area contributed by atoms with E-state index in [9.17, 15) is 0 Å². The molecule has 0 aliphatic rings. The van der Waals surface area contributed by atoms with E-state index >= 15 is 0 Å². The Bertz CT molecular complexity index is 695. The molecular formula is C21H33N3O. The van der Waals surface area contributed by atoms with Gasteiger partial charge in [0, 0.05) is 28.9 Å². The summed E-state index contributed by atoms with van der Waals surface area (Å²) in [7, 11) is 1.71. The van der Waals surface area contributed by atoms with E-state index in [0.717, 1.165) is 47.5 Å². The van der Waals surface area contributed by atoms with Gasteiger partial charge in [-0.2, -0.15) is 0 Å². The molecule has 0 spiro atoms. The molecule has 0 radical (unpaired) electrons. The van der Waals surface area contributed by atoms with E-state index in [2.05, 4.69) is 61.1 Å². The summed E-state index contributed by atoms with van der Waals surface area (Å²) < 4.78 is 5.59. The molecular weight excluding hydrogens is 310 g/mol. The van der Waals surface area contributed by atoms with Gasteiger partial charge in [0.25, 0.3) is 0 Å². The van der Waals surface area contributed by atoms with Crippen LogP contribution in [0.1, 0.15) is 44.9 Å². The Kier molecular flexibility index (Phi) is 7.06. The summed E-state index contributed by atoms with van der Waals surface area (Å²) in [6.07, 6.45) is 2.36. The zero-order valence-corrected chi connectivity index (χ0v) is 16.6. The van der Waals surface area contributed by atoms with Crippen molar-refractivity contribution >= 4 is 16.6 Å².